The molecule has 1 amide bonds. The molecule has 0 spiro atoms. The maximum Gasteiger partial charge on any atom is 0.343 e. The number of carboxylic acids is 1. The smallest absolute Gasteiger partial charge is 0.343 e. The zero-order valence-electron chi connectivity index (χ0n) is 16.1. The molecule has 2 N–H and O–H groups in total. The number of hydrogen-bond acceptors (Lipinski definition) is 8. The number of carbonyl (C=O) groups is 3. The summed E-state index contributed by atoms with van der Waals surface area (Å²) < 4.78 is 11.3. The molecule has 1 fully saturated rings. The number of nitrogens with one attached hydrogen (secondary N) is 1. The van der Waals surface area contributed by atoms with Crippen LogP contribution in [0.4, 0.5) is 0 Å². The van der Waals surface area contributed by atoms with Gasteiger partial charge in [0.1, 0.15) is 16.7 Å². The molecular formula is C20H16BrN3O6S. The van der Waals surface area contributed by atoms with Crippen molar-refractivity contribution in [3.63, 3.8) is 0 Å². The number of halogens is 1. The Balaban J connectivity index is 1.73. The molecule has 31 heavy (non-hydrogen) atoms. The number of esters is 1. The summed E-state index contributed by atoms with van der Waals surface area (Å²) in [5, 5.41) is 18.6. The summed E-state index contributed by atoms with van der Waals surface area (Å²) in [6.45, 7) is 0. The van der Waals surface area contributed by atoms with E-state index in [-0.39, 0.29) is 17.3 Å². The van der Waals surface area contributed by atoms with Crippen LogP contribution in [0.5, 0.6) is 11.5 Å². The van der Waals surface area contributed by atoms with Crippen LogP contribution in [0.25, 0.3) is 0 Å². The van der Waals surface area contributed by atoms with Crippen LogP contribution in [0.1, 0.15) is 22.3 Å². The van der Waals surface area contributed by atoms with E-state index < -0.39 is 23.1 Å². The van der Waals surface area contributed by atoms with Gasteiger partial charge in [-0.1, -0.05) is 27.7 Å². The first-order valence-corrected chi connectivity index (χ1v) is 10.5. The Labute approximate surface area is 189 Å². The third-order valence-electron chi connectivity index (χ3n) is 3.98. The van der Waals surface area contributed by atoms with E-state index in [0.29, 0.717) is 16.9 Å². The Bertz CT molecular complexity index is 1070. The minimum atomic E-state index is -1.07. The standard InChI is InChI=1S/C20H16BrN3O6S/c1-29-14-5-2-11(3-6-14)19(28)30-15-7-4-13(21)8-12(15)10-22-24-20-23-18(27)16(31-20)9-17(25)26/h2-8,10,16H,9H2,1H3,(H,25,26)(H,23,24,27). The second-order valence-corrected chi connectivity index (χ2v) is 8.25. The number of methoxy groups -OCH3 is 1. The predicted octanol–water partition coefficient (Wildman–Crippen LogP) is 3.07. The summed E-state index contributed by atoms with van der Waals surface area (Å²) in [6.07, 6.45) is 1.06. The zero-order valence-corrected chi connectivity index (χ0v) is 18.5. The van der Waals surface area contributed by atoms with Gasteiger partial charge in [0.25, 0.3) is 0 Å². The summed E-state index contributed by atoms with van der Waals surface area (Å²) in [7, 11) is 1.53. The number of hydrogen-bond donors (Lipinski definition) is 2. The normalized spacial score (nSPS) is 17.0. The largest absolute Gasteiger partial charge is 0.497 e. The molecule has 160 valence electrons. The van der Waals surface area contributed by atoms with Gasteiger partial charge in [0.2, 0.25) is 5.91 Å². The highest BCUT2D eigenvalue weighted by Crippen LogP contribution is 2.24. The molecular weight excluding hydrogens is 490 g/mol. The van der Waals surface area contributed by atoms with Gasteiger partial charge in [-0.05, 0) is 42.5 Å². The lowest BCUT2D eigenvalue weighted by atomic mass is 10.2. The van der Waals surface area contributed by atoms with Crippen LogP contribution in [-0.2, 0) is 9.59 Å². The molecule has 9 nitrogen and oxygen atoms in total. The van der Waals surface area contributed by atoms with Gasteiger partial charge in [-0.3, -0.25) is 9.59 Å². The maximum absolute atomic E-state index is 12.4. The number of aliphatic carboxylic acids is 1. The van der Waals surface area contributed by atoms with E-state index in [9.17, 15) is 14.4 Å². The fourth-order valence-corrected chi connectivity index (χ4v) is 3.78. The lowest BCUT2D eigenvalue weighted by Crippen LogP contribution is -2.26. The van der Waals surface area contributed by atoms with Gasteiger partial charge in [0.05, 0.1) is 25.3 Å². The van der Waals surface area contributed by atoms with E-state index in [1.165, 1.54) is 13.3 Å². The van der Waals surface area contributed by atoms with Crippen molar-refractivity contribution in [1.82, 2.24) is 5.32 Å². The van der Waals surface area contributed by atoms with Crippen molar-refractivity contribution in [2.45, 2.75) is 11.7 Å². The van der Waals surface area contributed by atoms with Crippen molar-refractivity contribution < 1.29 is 29.0 Å². The SMILES string of the molecule is COc1ccc(C(=O)Oc2ccc(Br)cc2C=N/N=C2\NC(=O)C(CC(=O)O)S2)cc1. The van der Waals surface area contributed by atoms with Crippen LogP contribution in [-0.4, -0.2) is 46.7 Å². The summed E-state index contributed by atoms with van der Waals surface area (Å²) in [5.74, 6) is -1.18. The molecule has 1 unspecified atom stereocenters. The molecule has 1 aliphatic heterocycles. The average molecular weight is 506 g/mol. The second-order valence-electron chi connectivity index (χ2n) is 6.14. The number of thioether (sulfide) groups is 1. The molecule has 1 heterocycles. The van der Waals surface area contributed by atoms with Gasteiger partial charge in [0.15, 0.2) is 5.17 Å². The number of rotatable bonds is 7. The monoisotopic (exact) mass is 505 g/mol. The predicted molar refractivity (Wildman–Crippen MR) is 119 cm³/mol. The van der Waals surface area contributed by atoms with Crippen molar-refractivity contribution in [2.75, 3.05) is 7.11 Å². The number of carboxylic acid groups (broad SMARTS) is 1. The second kappa shape index (κ2) is 10.2. The molecule has 0 radical (unpaired) electrons. The van der Waals surface area contributed by atoms with E-state index in [4.69, 9.17) is 14.6 Å². The Kier molecular flexibility index (Phi) is 7.42. The van der Waals surface area contributed by atoms with E-state index in [0.717, 1.165) is 16.2 Å². The molecule has 2 aromatic rings. The van der Waals surface area contributed by atoms with Crippen molar-refractivity contribution in [2.24, 2.45) is 10.2 Å². The van der Waals surface area contributed by atoms with Gasteiger partial charge < -0.3 is 19.9 Å². The first kappa shape index (κ1) is 22.5. The zero-order chi connectivity index (χ0) is 22.4. The maximum atomic E-state index is 12.4. The molecule has 2 aromatic carbocycles. The van der Waals surface area contributed by atoms with Crippen LogP contribution in [0.2, 0.25) is 0 Å². The van der Waals surface area contributed by atoms with Crippen molar-refractivity contribution >= 4 is 56.9 Å². The quantitative estimate of drug-likeness (QED) is 0.256. The molecule has 1 aliphatic rings. The van der Waals surface area contributed by atoms with Gasteiger partial charge in [-0.25, -0.2) is 4.79 Å². The third-order valence-corrected chi connectivity index (χ3v) is 5.55. The van der Waals surface area contributed by atoms with E-state index >= 15 is 0 Å². The summed E-state index contributed by atoms with van der Waals surface area (Å²) >= 11 is 4.34. The summed E-state index contributed by atoms with van der Waals surface area (Å²) in [6, 6.07) is 11.5. The number of amides is 1. The Hall–Kier alpha value is -3.18. The number of carbonyl (C=O) groups excluding carboxylic acids is 2. The van der Waals surface area contributed by atoms with Crippen molar-refractivity contribution in [3.8, 4) is 11.5 Å². The molecule has 3 rings (SSSR count). The minimum Gasteiger partial charge on any atom is -0.497 e. The molecule has 1 saturated heterocycles. The Morgan fingerprint density at radius 3 is 2.68 bits per heavy atom. The molecule has 0 bridgehead atoms. The van der Waals surface area contributed by atoms with Crippen LogP contribution in [0.15, 0.2) is 57.1 Å². The van der Waals surface area contributed by atoms with Gasteiger partial charge >= 0.3 is 11.9 Å². The molecule has 0 aliphatic carbocycles. The van der Waals surface area contributed by atoms with E-state index in [1.54, 1.807) is 42.5 Å². The third kappa shape index (κ3) is 6.15. The highest BCUT2D eigenvalue weighted by atomic mass is 79.9. The van der Waals surface area contributed by atoms with Crippen LogP contribution >= 0.6 is 27.7 Å². The lowest BCUT2D eigenvalue weighted by molar-refractivity contribution is -0.138. The van der Waals surface area contributed by atoms with Crippen LogP contribution in [0.3, 0.4) is 0 Å². The Morgan fingerprint density at radius 1 is 1.26 bits per heavy atom. The molecule has 0 aromatic heterocycles. The minimum absolute atomic E-state index is 0.194. The van der Waals surface area contributed by atoms with Crippen molar-refractivity contribution in [3.05, 3.63) is 58.1 Å². The lowest BCUT2D eigenvalue weighted by Gasteiger charge is -2.08. The number of ether oxygens (including phenoxy) is 2. The number of amidine groups is 1. The van der Waals surface area contributed by atoms with E-state index in [2.05, 4.69) is 31.4 Å². The van der Waals surface area contributed by atoms with Gasteiger partial charge in [-0.15, -0.1) is 5.10 Å². The highest BCUT2D eigenvalue weighted by molar-refractivity contribution is 9.10. The van der Waals surface area contributed by atoms with E-state index in [1.807, 2.05) is 0 Å². The van der Waals surface area contributed by atoms with Crippen molar-refractivity contribution in [1.29, 1.82) is 0 Å². The molecule has 1 atom stereocenters. The first-order valence-electron chi connectivity index (χ1n) is 8.82. The highest BCUT2D eigenvalue weighted by Gasteiger charge is 2.32. The fourth-order valence-electron chi connectivity index (χ4n) is 2.49. The topological polar surface area (TPSA) is 127 Å². The first-order chi connectivity index (χ1) is 14.9. The van der Waals surface area contributed by atoms with Crippen LogP contribution in [0, 0.1) is 0 Å². The molecule has 11 heteroatoms. The van der Waals surface area contributed by atoms with Gasteiger partial charge in [0, 0.05) is 10.0 Å². The molecule has 0 saturated carbocycles. The van der Waals surface area contributed by atoms with Gasteiger partial charge in [-0.2, -0.15) is 5.10 Å². The summed E-state index contributed by atoms with van der Waals surface area (Å²) in [4.78, 5) is 35.0. The summed E-state index contributed by atoms with van der Waals surface area (Å²) in [5.41, 5.74) is 0.818. The fraction of sp³-hybridized carbons (Fsp3) is 0.150. The average Bonchev–Trinajstić information content (AvgIpc) is 3.08. The number of nitrogens with zero attached hydrogens (tertiary/aromatic N) is 2. The van der Waals surface area contributed by atoms with Crippen LogP contribution < -0.4 is 14.8 Å². The Morgan fingerprint density at radius 2 is 2.00 bits per heavy atom. The number of benzene rings is 2.